The second-order valence-corrected chi connectivity index (χ2v) is 7.30. The van der Waals surface area contributed by atoms with E-state index in [2.05, 4.69) is 0 Å². The fourth-order valence-electron chi connectivity index (χ4n) is 3.13. The molecule has 0 saturated carbocycles. The first-order chi connectivity index (χ1) is 15.2. The lowest BCUT2D eigenvalue weighted by Crippen LogP contribution is -2.08. The second kappa shape index (κ2) is 8.12. The van der Waals surface area contributed by atoms with Gasteiger partial charge in [-0.1, -0.05) is 23.2 Å². The molecule has 0 aliphatic rings. The lowest BCUT2D eigenvalue weighted by atomic mass is 10.1. The van der Waals surface area contributed by atoms with Crippen LogP contribution in [0.15, 0.2) is 69.9 Å². The molecule has 0 unspecified atom stereocenters. The molecule has 0 spiro atoms. The number of halogens is 1. The van der Waals surface area contributed by atoms with E-state index in [0.29, 0.717) is 16.2 Å². The van der Waals surface area contributed by atoms with Crippen molar-refractivity contribution < 1.29 is 19.0 Å². The summed E-state index contributed by atoms with van der Waals surface area (Å²) in [5, 5.41) is 23.2. The average Bonchev–Trinajstić information content (AvgIpc) is 2.76. The van der Waals surface area contributed by atoms with E-state index >= 15 is 0 Å². The maximum atomic E-state index is 13.3. The van der Waals surface area contributed by atoms with Crippen LogP contribution in [0.25, 0.3) is 22.3 Å². The molecule has 0 bridgehead atoms. The zero-order valence-corrected chi connectivity index (χ0v) is 17.2. The number of non-ortho nitro benzene ring substituents is 1. The van der Waals surface area contributed by atoms with Crippen molar-refractivity contribution in [2.75, 3.05) is 0 Å². The van der Waals surface area contributed by atoms with Gasteiger partial charge in [0, 0.05) is 16.7 Å². The van der Waals surface area contributed by atoms with Crippen LogP contribution in [0.1, 0.15) is 5.56 Å². The van der Waals surface area contributed by atoms with Crippen molar-refractivity contribution in [1.29, 1.82) is 0 Å². The maximum Gasteiger partial charge on any atom is 0.318 e. The number of rotatable bonds is 5. The van der Waals surface area contributed by atoms with Gasteiger partial charge >= 0.3 is 5.69 Å². The van der Waals surface area contributed by atoms with Gasteiger partial charge in [-0.15, -0.1) is 0 Å². The normalized spacial score (nSPS) is 10.8. The lowest BCUT2D eigenvalue weighted by Gasteiger charge is -2.12. The van der Waals surface area contributed by atoms with Crippen LogP contribution in [-0.2, 0) is 0 Å². The van der Waals surface area contributed by atoms with E-state index < -0.39 is 26.7 Å². The van der Waals surface area contributed by atoms with Crippen LogP contribution < -0.4 is 10.2 Å². The largest absolute Gasteiger partial charge is 0.452 e. The van der Waals surface area contributed by atoms with Crippen LogP contribution in [0.2, 0.25) is 5.02 Å². The predicted octanol–water partition coefficient (Wildman–Crippen LogP) is 6.03. The highest BCUT2D eigenvalue weighted by Gasteiger charge is 2.25. The Balaban J connectivity index is 1.97. The quantitative estimate of drug-likeness (QED) is 0.267. The van der Waals surface area contributed by atoms with E-state index in [1.165, 1.54) is 0 Å². The van der Waals surface area contributed by atoms with Gasteiger partial charge in [0.1, 0.15) is 5.58 Å². The number of benzene rings is 3. The molecule has 0 amide bonds. The maximum absolute atomic E-state index is 13.3. The summed E-state index contributed by atoms with van der Waals surface area (Å²) in [6, 6.07) is 14.3. The molecule has 32 heavy (non-hydrogen) atoms. The summed E-state index contributed by atoms with van der Waals surface area (Å²) >= 11 is 5.95. The fourth-order valence-corrected chi connectivity index (χ4v) is 3.26. The predicted molar refractivity (Wildman–Crippen MR) is 117 cm³/mol. The van der Waals surface area contributed by atoms with Crippen LogP contribution in [0.4, 0.5) is 11.4 Å². The smallest absolute Gasteiger partial charge is 0.318 e. The second-order valence-electron chi connectivity index (χ2n) is 6.86. The zero-order chi connectivity index (χ0) is 23.0. The number of hydrogen-bond donors (Lipinski definition) is 0. The van der Waals surface area contributed by atoms with E-state index in [-0.39, 0.29) is 22.6 Å². The summed E-state index contributed by atoms with van der Waals surface area (Å²) in [5.41, 5.74) is -0.137. The van der Waals surface area contributed by atoms with Crippen molar-refractivity contribution in [1.82, 2.24) is 0 Å². The first kappa shape index (κ1) is 21.0. The highest BCUT2D eigenvalue weighted by molar-refractivity contribution is 6.30. The third-order valence-electron chi connectivity index (χ3n) is 4.67. The van der Waals surface area contributed by atoms with Crippen LogP contribution in [0.3, 0.4) is 0 Å². The number of nitro benzene ring substituents is 2. The summed E-state index contributed by atoms with van der Waals surface area (Å²) in [7, 11) is 0. The number of aryl methyl sites for hydroxylation is 1. The van der Waals surface area contributed by atoms with Crippen molar-refractivity contribution in [2.45, 2.75) is 6.92 Å². The van der Waals surface area contributed by atoms with Gasteiger partial charge in [0.2, 0.25) is 16.9 Å². The minimum absolute atomic E-state index is 0.0377. The minimum Gasteiger partial charge on any atom is -0.452 e. The van der Waals surface area contributed by atoms with Gasteiger partial charge in [-0.05, 0) is 49.4 Å². The van der Waals surface area contributed by atoms with Crippen LogP contribution in [0, 0.1) is 27.2 Å². The molecule has 0 saturated heterocycles. The molecule has 0 aliphatic heterocycles. The summed E-state index contributed by atoms with van der Waals surface area (Å²) in [5.74, 6) is -0.590. The monoisotopic (exact) mass is 452 g/mol. The Hall–Kier alpha value is -4.24. The average molecular weight is 453 g/mol. The highest BCUT2D eigenvalue weighted by atomic mass is 35.5. The molecule has 10 heteroatoms. The van der Waals surface area contributed by atoms with Gasteiger partial charge in [-0.25, -0.2) is 0 Å². The Kier molecular flexibility index (Phi) is 5.33. The molecule has 0 N–H and O–H groups in total. The van der Waals surface area contributed by atoms with Gasteiger partial charge in [0.05, 0.1) is 21.3 Å². The molecule has 0 aliphatic carbocycles. The van der Waals surface area contributed by atoms with Crippen LogP contribution in [-0.4, -0.2) is 9.85 Å². The fraction of sp³-hybridized carbons (Fsp3) is 0.0455. The topological polar surface area (TPSA) is 126 Å². The van der Waals surface area contributed by atoms with Crippen LogP contribution >= 0.6 is 11.6 Å². The Morgan fingerprint density at radius 2 is 1.66 bits per heavy atom. The van der Waals surface area contributed by atoms with Gasteiger partial charge in [-0.2, -0.15) is 0 Å². The Morgan fingerprint density at radius 1 is 0.938 bits per heavy atom. The zero-order valence-electron chi connectivity index (χ0n) is 16.4. The Bertz CT molecular complexity index is 1450. The van der Waals surface area contributed by atoms with Crippen molar-refractivity contribution in [3.63, 3.8) is 0 Å². The molecule has 0 atom stereocenters. The first-order valence-corrected chi connectivity index (χ1v) is 9.56. The van der Waals surface area contributed by atoms with E-state index in [9.17, 15) is 25.0 Å². The van der Waals surface area contributed by atoms with Gasteiger partial charge in [-0.3, -0.25) is 25.0 Å². The summed E-state index contributed by atoms with van der Waals surface area (Å²) in [6.45, 7) is 1.80. The number of ether oxygens (including phenoxy) is 1. The standard InChI is InChI=1S/C22H13ClN2O7/c1-12-2-8-18-16(10-12)20(26)22(21(31-18)13-3-5-14(23)6-4-13)32-19-9-7-15(24(27)28)11-17(19)25(29)30/h2-11H,1H3. The molecule has 4 rings (SSSR count). The van der Waals surface area contributed by atoms with Crippen molar-refractivity contribution in [2.24, 2.45) is 0 Å². The highest BCUT2D eigenvalue weighted by Crippen LogP contribution is 2.38. The number of fused-ring (bicyclic) bond motifs is 1. The third-order valence-corrected chi connectivity index (χ3v) is 4.92. The molecule has 4 aromatic rings. The van der Waals surface area contributed by atoms with Crippen molar-refractivity contribution in [3.05, 3.63) is 102 Å². The Labute approximate surface area is 184 Å². The molecule has 3 aromatic carbocycles. The molecule has 9 nitrogen and oxygen atoms in total. The third kappa shape index (κ3) is 3.88. The minimum atomic E-state index is -0.822. The number of nitro groups is 2. The summed E-state index contributed by atoms with van der Waals surface area (Å²) in [6.07, 6.45) is 0. The molecule has 0 fully saturated rings. The first-order valence-electron chi connectivity index (χ1n) is 9.18. The van der Waals surface area contributed by atoms with E-state index in [4.69, 9.17) is 20.8 Å². The summed E-state index contributed by atoms with van der Waals surface area (Å²) in [4.78, 5) is 34.2. The Morgan fingerprint density at radius 3 is 2.31 bits per heavy atom. The SMILES string of the molecule is Cc1ccc2oc(-c3ccc(Cl)cc3)c(Oc3ccc([N+](=O)[O-])cc3[N+](=O)[O-])c(=O)c2c1. The lowest BCUT2D eigenvalue weighted by molar-refractivity contribution is -0.394. The number of nitrogens with zero attached hydrogens (tertiary/aromatic N) is 2. The molecule has 160 valence electrons. The molecular weight excluding hydrogens is 440 g/mol. The molecular formula is C22H13ClN2O7. The number of hydrogen-bond acceptors (Lipinski definition) is 7. The van der Waals surface area contributed by atoms with Crippen molar-refractivity contribution >= 4 is 33.9 Å². The van der Waals surface area contributed by atoms with Gasteiger partial charge in [0.15, 0.2) is 5.76 Å². The van der Waals surface area contributed by atoms with E-state index in [0.717, 1.165) is 23.8 Å². The van der Waals surface area contributed by atoms with Gasteiger partial charge < -0.3 is 9.15 Å². The molecule has 0 radical (unpaired) electrons. The van der Waals surface area contributed by atoms with Crippen molar-refractivity contribution in [3.8, 4) is 22.8 Å². The van der Waals surface area contributed by atoms with Crippen LogP contribution in [0.5, 0.6) is 11.5 Å². The van der Waals surface area contributed by atoms with E-state index in [1.54, 1.807) is 49.4 Å². The molecule has 1 heterocycles. The summed E-state index contributed by atoms with van der Waals surface area (Å²) < 4.78 is 11.6. The van der Waals surface area contributed by atoms with Gasteiger partial charge in [0.25, 0.3) is 5.69 Å². The molecule has 1 aromatic heterocycles. The van der Waals surface area contributed by atoms with E-state index in [1.807, 2.05) is 0 Å².